The molecule has 0 saturated carbocycles. The number of carbonyl (C=O) groups excluding carboxylic acids is 1. The van der Waals surface area contributed by atoms with Gasteiger partial charge in [0.25, 0.3) is 5.91 Å². The lowest BCUT2D eigenvalue weighted by Gasteiger charge is -2.21. The first-order valence-electron chi connectivity index (χ1n) is 6.97. The van der Waals surface area contributed by atoms with E-state index >= 15 is 0 Å². The van der Waals surface area contributed by atoms with Crippen LogP contribution in [-0.2, 0) is 4.79 Å². The number of likely N-dealkylation sites (tertiary alicyclic amines) is 1. The molecule has 1 aromatic carbocycles. The number of carboxylic acid groups (broad SMARTS) is 1. The van der Waals surface area contributed by atoms with E-state index in [0.29, 0.717) is 25.1 Å². The first-order chi connectivity index (χ1) is 10.1. The van der Waals surface area contributed by atoms with Crippen LogP contribution in [0.15, 0.2) is 30.5 Å². The van der Waals surface area contributed by atoms with Crippen molar-refractivity contribution < 1.29 is 14.7 Å². The van der Waals surface area contributed by atoms with Crippen LogP contribution < -0.4 is 0 Å². The number of nitrogens with zero attached hydrogens (tertiary/aromatic N) is 2. The van der Waals surface area contributed by atoms with Crippen molar-refractivity contribution in [3.8, 4) is 0 Å². The van der Waals surface area contributed by atoms with E-state index in [9.17, 15) is 14.7 Å². The topological polar surface area (TPSA) is 70.5 Å². The van der Waals surface area contributed by atoms with Crippen LogP contribution in [0.2, 0.25) is 0 Å². The number of hydrogen-bond acceptors (Lipinski definition) is 3. The first kappa shape index (κ1) is 13.5. The van der Waals surface area contributed by atoms with Crippen molar-refractivity contribution in [1.82, 2.24) is 9.88 Å². The number of aliphatic carboxylic acids is 1. The van der Waals surface area contributed by atoms with Crippen molar-refractivity contribution in [3.63, 3.8) is 0 Å². The highest BCUT2D eigenvalue weighted by molar-refractivity contribution is 6.06. The first-order valence-corrected chi connectivity index (χ1v) is 6.97. The molecule has 21 heavy (non-hydrogen) atoms. The second kappa shape index (κ2) is 5.16. The van der Waals surface area contributed by atoms with Gasteiger partial charge in [-0.05, 0) is 31.2 Å². The molecule has 1 N–H and O–H groups in total. The third-order valence-corrected chi connectivity index (χ3v) is 3.92. The molecule has 2 heterocycles. The van der Waals surface area contributed by atoms with Crippen LogP contribution in [0, 0.1) is 6.92 Å². The summed E-state index contributed by atoms with van der Waals surface area (Å²) in [6.07, 6.45) is 2.82. The van der Waals surface area contributed by atoms with Gasteiger partial charge in [0.15, 0.2) is 0 Å². The maximum absolute atomic E-state index is 12.7. The number of hydrogen-bond donors (Lipinski definition) is 1. The Morgan fingerprint density at radius 1 is 1.33 bits per heavy atom. The zero-order chi connectivity index (χ0) is 15.0. The summed E-state index contributed by atoms with van der Waals surface area (Å²) >= 11 is 0. The Bertz CT molecular complexity index is 727. The molecule has 1 fully saturated rings. The van der Waals surface area contributed by atoms with Gasteiger partial charge in [-0.15, -0.1) is 0 Å². The molecule has 1 saturated heterocycles. The maximum atomic E-state index is 12.7. The molecule has 1 aliphatic rings. The zero-order valence-corrected chi connectivity index (χ0v) is 11.7. The van der Waals surface area contributed by atoms with Crippen molar-refractivity contribution in [2.45, 2.75) is 25.8 Å². The van der Waals surface area contributed by atoms with Gasteiger partial charge in [-0.3, -0.25) is 9.78 Å². The Labute approximate surface area is 122 Å². The lowest BCUT2D eigenvalue weighted by atomic mass is 10.1. The minimum atomic E-state index is -0.947. The molecule has 108 valence electrons. The molecular formula is C16H16N2O3. The molecule has 0 spiro atoms. The zero-order valence-electron chi connectivity index (χ0n) is 11.7. The highest BCUT2D eigenvalue weighted by Crippen LogP contribution is 2.24. The summed E-state index contributed by atoms with van der Waals surface area (Å²) in [5, 5.41) is 10.9. The average molecular weight is 284 g/mol. The number of rotatable bonds is 2. The molecule has 1 atom stereocenters. The van der Waals surface area contributed by atoms with Crippen molar-refractivity contribution >= 4 is 22.6 Å². The number of aromatic nitrogens is 1. The number of amides is 1. The number of fused-ring (bicyclic) bond motifs is 1. The van der Waals surface area contributed by atoms with Crippen LogP contribution in [0.3, 0.4) is 0 Å². The van der Waals surface area contributed by atoms with Crippen molar-refractivity contribution in [2.24, 2.45) is 0 Å². The van der Waals surface area contributed by atoms with E-state index in [1.165, 1.54) is 4.90 Å². The largest absolute Gasteiger partial charge is 0.480 e. The number of pyridine rings is 1. The monoisotopic (exact) mass is 284 g/mol. The smallest absolute Gasteiger partial charge is 0.326 e. The van der Waals surface area contributed by atoms with Gasteiger partial charge < -0.3 is 10.0 Å². The Balaban J connectivity index is 2.04. The Kier molecular flexibility index (Phi) is 3.33. The lowest BCUT2D eigenvalue weighted by molar-refractivity contribution is -0.141. The summed E-state index contributed by atoms with van der Waals surface area (Å²) in [7, 11) is 0. The highest BCUT2D eigenvalue weighted by Gasteiger charge is 2.35. The molecule has 1 amide bonds. The quantitative estimate of drug-likeness (QED) is 0.918. The third-order valence-electron chi connectivity index (χ3n) is 3.92. The molecule has 5 nitrogen and oxygen atoms in total. The van der Waals surface area contributed by atoms with Gasteiger partial charge in [-0.1, -0.05) is 23.8 Å². The normalized spacial score (nSPS) is 18.1. The van der Waals surface area contributed by atoms with E-state index in [1.807, 2.05) is 31.2 Å². The predicted octanol–water partition coefficient (Wildman–Crippen LogP) is 2.23. The fourth-order valence-corrected chi connectivity index (χ4v) is 2.87. The molecule has 1 aromatic heterocycles. The summed E-state index contributed by atoms with van der Waals surface area (Å²) in [6.45, 7) is 2.46. The van der Waals surface area contributed by atoms with E-state index in [-0.39, 0.29) is 5.91 Å². The van der Waals surface area contributed by atoms with Crippen LogP contribution in [0.25, 0.3) is 10.8 Å². The highest BCUT2D eigenvalue weighted by atomic mass is 16.4. The average Bonchev–Trinajstić information content (AvgIpc) is 2.95. The van der Waals surface area contributed by atoms with Gasteiger partial charge in [-0.2, -0.15) is 0 Å². The molecule has 2 aromatic rings. The molecule has 0 aliphatic carbocycles. The SMILES string of the molecule is Cc1ccc2c(C(=O)N3CCCC3C(=O)O)nccc2c1. The Hall–Kier alpha value is -2.43. The molecule has 1 aliphatic heterocycles. The van der Waals surface area contributed by atoms with Crippen LogP contribution >= 0.6 is 0 Å². The summed E-state index contributed by atoms with van der Waals surface area (Å²) in [5.41, 5.74) is 1.44. The van der Waals surface area contributed by atoms with E-state index in [4.69, 9.17) is 0 Å². The van der Waals surface area contributed by atoms with E-state index in [2.05, 4.69) is 4.98 Å². The van der Waals surface area contributed by atoms with Gasteiger partial charge in [0.1, 0.15) is 11.7 Å². The van der Waals surface area contributed by atoms with Crippen molar-refractivity contribution in [1.29, 1.82) is 0 Å². The third kappa shape index (κ3) is 2.35. The lowest BCUT2D eigenvalue weighted by Crippen LogP contribution is -2.40. The molecule has 0 bridgehead atoms. The van der Waals surface area contributed by atoms with Gasteiger partial charge in [0.05, 0.1) is 0 Å². The van der Waals surface area contributed by atoms with Gasteiger partial charge in [-0.25, -0.2) is 4.79 Å². The standard InChI is InChI=1S/C16H16N2O3/c1-10-4-5-12-11(9-10)6-7-17-14(12)15(19)18-8-2-3-13(18)16(20)21/h4-7,9,13H,2-3,8H2,1H3,(H,20,21). The second-order valence-corrected chi connectivity index (χ2v) is 5.38. The molecule has 0 radical (unpaired) electrons. The van der Waals surface area contributed by atoms with Gasteiger partial charge in [0.2, 0.25) is 0 Å². The number of aryl methyl sites for hydroxylation is 1. The van der Waals surface area contributed by atoms with Crippen LogP contribution in [-0.4, -0.2) is 39.5 Å². The molecular weight excluding hydrogens is 268 g/mol. The van der Waals surface area contributed by atoms with Crippen LogP contribution in [0.5, 0.6) is 0 Å². The predicted molar refractivity (Wildman–Crippen MR) is 78.2 cm³/mol. The van der Waals surface area contributed by atoms with Crippen LogP contribution in [0.1, 0.15) is 28.9 Å². The number of carboxylic acids is 1. The van der Waals surface area contributed by atoms with E-state index < -0.39 is 12.0 Å². The minimum absolute atomic E-state index is 0.297. The maximum Gasteiger partial charge on any atom is 0.326 e. The van der Waals surface area contributed by atoms with E-state index in [1.54, 1.807) is 6.20 Å². The summed E-state index contributed by atoms with van der Waals surface area (Å²) in [6, 6.07) is 6.92. The van der Waals surface area contributed by atoms with Gasteiger partial charge >= 0.3 is 5.97 Å². The minimum Gasteiger partial charge on any atom is -0.480 e. The van der Waals surface area contributed by atoms with Crippen LogP contribution in [0.4, 0.5) is 0 Å². The van der Waals surface area contributed by atoms with Crippen molar-refractivity contribution in [2.75, 3.05) is 6.54 Å². The molecule has 5 heteroatoms. The molecule has 3 rings (SSSR count). The van der Waals surface area contributed by atoms with Crippen molar-refractivity contribution in [3.05, 3.63) is 41.7 Å². The number of benzene rings is 1. The summed E-state index contributed by atoms with van der Waals surface area (Å²) < 4.78 is 0. The Morgan fingerprint density at radius 3 is 2.90 bits per heavy atom. The Morgan fingerprint density at radius 2 is 2.14 bits per heavy atom. The number of carbonyl (C=O) groups is 2. The second-order valence-electron chi connectivity index (χ2n) is 5.38. The summed E-state index contributed by atoms with van der Waals surface area (Å²) in [5.74, 6) is -1.24. The summed E-state index contributed by atoms with van der Waals surface area (Å²) in [4.78, 5) is 29.5. The van der Waals surface area contributed by atoms with E-state index in [0.717, 1.165) is 16.3 Å². The van der Waals surface area contributed by atoms with Gasteiger partial charge in [0, 0.05) is 18.1 Å². The molecule has 1 unspecified atom stereocenters. The fourth-order valence-electron chi connectivity index (χ4n) is 2.87. The fraction of sp³-hybridized carbons (Fsp3) is 0.312.